The molecule has 4 atom stereocenters. The van der Waals surface area contributed by atoms with Gasteiger partial charge in [0.2, 0.25) is 11.8 Å². The van der Waals surface area contributed by atoms with Crippen LogP contribution in [0.1, 0.15) is 55.5 Å². The second kappa shape index (κ2) is 21.4. The molecule has 0 aliphatic carbocycles. The summed E-state index contributed by atoms with van der Waals surface area (Å²) in [5.41, 5.74) is 6.15. The molecule has 2 fully saturated rings. The number of aromatic nitrogens is 4. The molecule has 4 heterocycles. The van der Waals surface area contributed by atoms with Gasteiger partial charge in [0, 0.05) is 53.3 Å². The van der Waals surface area contributed by atoms with E-state index in [9.17, 15) is 42.0 Å². The molecule has 2 aliphatic heterocycles. The van der Waals surface area contributed by atoms with Crippen molar-refractivity contribution in [1.82, 2.24) is 30.6 Å². The van der Waals surface area contributed by atoms with E-state index >= 15 is 0 Å². The van der Waals surface area contributed by atoms with Gasteiger partial charge in [0.15, 0.2) is 5.69 Å². The standard InChI is InChI=1S/C27H21F2N5O2.C20H18F2N4O2.C7H4BrN/c1-27(28,29)26(36)32-22-14-24(35)33(25(22)18-7-3-2-4-8-18)20-10-11-23-19(13-20)16-31-34(23)21-9-5-6-17(12-21)15-30;1-20(21,22)19(28)24-16-10-17(27)26(18(16)12-5-3-2-4-6-12)14-7-8-15-13(9-14)11-23-25-15;1-9-7-4-2-3-6(8)5-7/h2-13,16,22,25H,14H2,1H3,(H,32,36);2-9,11,16,18H,10H2,1H3,(H,23,25)(H,24,28);2-5H/t22-,25+;16-,18+;/m00./s1. The zero-order valence-electron chi connectivity index (χ0n) is 38.9. The van der Waals surface area contributed by atoms with E-state index in [0.717, 1.165) is 43.1 Å². The van der Waals surface area contributed by atoms with Crippen molar-refractivity contribution >= 4 is 78.4 Å². The Kier molecular flexibility index (Phi) is 14.8. The number of amides is 4. The number of hydrogen-bond donors (Lipinski definition) is 3. The minimum atomic E-state index is -3.56. The average molecular weight is 1050 g/mol. The van der Waals surface area contributed by atoms with Crippen molar-refractivity contribution in [2.45, 2.75) is 62.7 Å². The van der Waals surface area contributed by atoms with Crippen LogP contribution in [0.2, 0.25) is 0 Å². The van der Waals surface area contributed by atoms with Crippen LogP contribution < -0.4 is 20.4 Å². The van der Waals surface area contributed by atoms with Crippen molar-refractivity contribution in [3.05, 3.63) is 191 Å². The molecule has 6 aromatic carbocycles. The lowest BCUT2D eigenvalue weighted by atomic mass is 9.99. The van der Waals surface area contributed by atoms with Crippen LogP contribution in [-0.4, -0.2) is 67.5 Å². The monoisotopic (exact) mass is 1050 g/mol. The maximum absolute atomic E-state index is 13.6. The molecule has 8 aromatic rings. The zero-order valence-corrected chi connectivity index (χ0v) is 40.5. The molecular formula is C54H43BrF4N10O4. The fourth-order valence-electron chi connectivity index (χ4n) is 8.70. The number of hydrogen-bond acceptors (Lipinski definition) is 7. The van der Waals surface area contributed by atoms with Crippen LogP contribution in [0.4, 0.5) is 34.6 Å². The van der Waals surface area contributed by atoms with Gasteiger partial charge in [0.05, 0.1) is 71.5 Å². The number of anilines is 2. The summed E-state index contributed by atoms with van der Waals surface area (Å²) in [6, 6.07) is 42.5. The number of carbonyl (C=O) groups excluding carboxylic acids is 4. The quantitative estimate of drug-likeness (QED) is 0.0953. The molecule has 3 N–H and O–H groups in total. The Bertz CT molecular complexity index is 3420. The van der Waals surface area contributed by atoms with E-state index in [4.69, 9.17) is 6.57 Å². The third-order valence-electron chi connectivity index (χ3n) is 12.0. The summed E-state index contributed by atoms with van der Waals surface area (Å²) in [6.07, 6.45) is 3.13. The summed E-state index contributed by atoms with van der Waals surface area (Å²) < 4.78 is 56.8. The summed E-state index contributed by atoms with van der Waals surface area (Å²) in [4.78, 5) is 56.3. The Morgan fingerprint density at radius 1 is 0.699 bits per heavy atom. The van der Waals surface area contributed by atoms with E-state index in [-0.39, 0.29) is 24.7 Å². The highest BCUT2D eigenvalue weighted by Gasteiger charge is 2.46. The minimum absolute atomic E-state index is 0.0647. The zero-order chi connectivity index (χ0) is 52.0. The number of fused-ring (bicyclic) bond motifs is 2. The third-order valence-corrected chi connectivity index (χ3v) is 12.5. The van der Waals surface area contributed by atoms with Crippen LogP contribution in [-0.2, 0) is 19.2 Å². The highest BCUT2D eigenvalue weighted by molar-refractivity contribution is 9.10. The first kappa shape index (κ1) is 50.7. The van der Waals surface area contributed by atoms with Crippen molar-refractivity contribution in [3.63, 3.8) is 0 Å². The van der Waals surface area contributed by atoms with E-state index in [1.807, 2.05) is 66.7 Å². The van der Waals surface area contributed by atoms with Gasteiger partial charge in [-0.15, -0.1) is 0 Å². The molecule has 19 heteroatoms. The summed E-state index contributed by atoms with van der Waals surface area (Å²) in [5, 5.41) is 26.8. The van der Waals surface area contributed by atoms with Crippen LogP contribution >= 0.6 is 15.9 Å². The maximum Gasteiger partial charge on any atom is 0.321 e. The first-order valence-electron chi connectivity index (χ1n) is 22.6. The number of aromatic amines is 1. The molecular weight excluding hydrogens is 1010 g/mol. The van der Waals surface area contributed by atoms with Gasteiger partial charge in [0.25, 0.3) is 11.8 Å². The number of halogens is 5. The summed E-state index contributed by atoms with van der Waals surface area (Å²) in [7, 11) is 0. The lowest BCUT2D eigenvalue weighted by Gasteiger charge is -2.29. The molecule has 4 amide bonds. The van der Waals surface area contributed by atoms with E-state index in [1.54, 1.807) is 106 Å². The van der Waals surface area contributed by atoms with Crippen LogP contribution in [0.3, 0.4) is 0 Å². The third kappa shape index (κ3) is 11.4. The Morgan fingerprint density at radius 2 is 1.25 bits per heavy atom. The Labute approximate surface area is 424 Å². The number of nitrogens with zero attached hydrogens (tertiary/aromatic N) is 7. The maximum atomic E-state index is 13.6. The molecule has 2 saturated heterocycles. The number of H-pyrrole nitrogens is 1. The van der Waals surface area contributed by atoms with Gasteiger partial charge in [0.1, 0.15) is 0 Å². The minimum Gasteiger partial charge on any atom is -0.345 e. The van der Waals surface area contributed by atoms with E-state index in [1.165, 1.54) is 0 Å². The topological polar surface area (TPSA) is 173 Å². The normalized spacial score (nSPS) is 17.5. The molecule has 0 bridgehead atoms. The van der Waals surface area contributed by atoms with Gasteiger partial charge in [-0.2, -0.15) is 33.0 Å². The SMILES string of the molecule is CC(F)(F)C(=O)N[C@H]1CC(=O)N(c2ccc3[nH]ncc3c2)[C@@H]1c1ccccc1.CC(F)(F)C(=O)N[C@H]1CC(=O)N(c2ccc3c(cnn3-c3cccc(C#N)c3)c2)[C@@H]1c1ccccc1.[C-]#[N+]c1cccc(Br)c1. The summed E-state index contributed by atoms with van der Waals surface area (Å²) in [5.74, 6) is -10.4. The van der Waals surface area contributed by atoms with Crippen molar-refractivity contribution in [1.29, 1.82) is 5.26 Å². The first-order valence-corrected chi connectivity index (χ1v) is 23.4. The molecule has 0 spiro atoms. The van der Waals surface area contributed by atoms with Crippen LogP contribution in [0, 0.1) is 17.9 Å². The number of nitriles is 1. The van der Waals surface area contributed by atoms with Gasteiger partial charge < -0.3 is 20.4 Å². The molecule has 368 valence electrons. The molecule has 14 nitrogen and oxygen atoms in total. The smallest absolute Gasteiger partial charge is 0.321 e. The summed E-state index contributed by atoms with van der Waals surface area (Å²) in [6.45, 7) is 7.72. The number of rotatable bonds is 9. The van der Waals surface area contributed by atoms with Gasteiger partial charge in [-0.05, 0) is 71.8 Å². The molecule has 0 unspecified atom stereocenters. The molecule has 0 saturated carbocycles. The van der Waals surface area contributed by atoms with Gasteiger partial charge in [-0.3, -0.25) is 24.3 Å². The summed E-state index contributed by atoms with van der Waals surface area (Å²) >= 11 is 3.26. The van der Waals surface area contributed by atoms with E-state index in [0.29, 0.717) is 36.5 Å². The largest absolute Gasteiger partial charge is 0.345 e. The Hall–Kier alpha value is -8.68. The van der Waals surface area contributed by atoms with Crippen LogP contribution in [0.15, 0.2) is 162 Å². The fraction of sp³-hybridized carbons (Fsp3) is 0.185. The molecule has 0 radical (unpaired) electrons. The van der Waals surface area contributed by atoms with Crippen LogP contribution in [0.25, 0.3) is 32.3 Å². The van der Waals surface area contributed by atoms with Gasteiger partial charge in [-0.1, -0.05) is 101 Å². The highest BCUT2D eigenvalue weighted by atomic mass is 79.9. The molecule has 2 aliphatic rings. The Morgan fingerprint density at radius 3 is 1.77 bits per heavy atom. The second-order valence-electron chi connectivity index (χ2n) is 17.3. The predicted molar refractivity (Wildman–Crippen MR) is 270 cm³/mol. The Balaban J connectivity index is 0.000000170. The number of nitrogens with one attached hydrogen (secondary N) is 3. The van der Waals surface area contributed by atoms with Gasteiger partial charge in [-0.25, -0.2) is 9.53 Å². The highest BCUT2D eigenvalue weighted by Crippen LogP contribution is 2.41. The predicted octanol–water partition coefficient (Wildman–Crippen LogP) is 10.7. The van der Waals surface area contributed by atoms with Crippen molar-refractivity contribution in [2.24, 2.45) is 0 Å². The van der Waals surface area contributed by atoms with E-state index in [2.05, 4.69) is 52.8 Å². The van der Waals surface area contributed by atoms with Crippen LogP contribution in [0.5, 0.6) is 0 Å². The molecule has 10 rings (SSSR count). The molecule has 73 heavy (non-hydrogen) atoms. The number of carbonyl (C=O) groups is 4. The van der Waals surface area contributed by atoms with E-state index < -0.39 is 47.8 Å². The second-order valence-corrected chi connectivity index (χ2v) is 18.2. The average Bonchev–Trinajstić information content (AvgIpc) is 4.18. The van der Waals surface area contributed by atoms with Crippen molar-refractivity contribution in [2.75, 3.05) is 9.80 Å². The van der Waals surface area contributed by atoms with Crippen molar-refractivity contribution in [3.8, 4) is 11.8 Å². The lowest BCUT2D eigenvalue weighted by molar-refractivity contribution is -0.144. The number of alkyl halides is 4. The lowest BCUT2D eigenvalue weighted by Crippen LogP contribution is -2.46. The van der Waals surface area contributed by atoms with Crippen molar-refractivity contribution < 1.29 is 36.7 Å². The molecule has 2 aromatic heterocycles. The van der Waals surface area contributed by atoms with Gasteiger partial charge >= 0.3 is 11.8 Å². The fourth-order valence-corrected chi connectivity index (χ4v) is 9.08. The first-order chi connectivity index (χ1) is 34.9. The number of benzene rings is 6.